The van der Waals surface area contributed by atoms with Crippen LogP contribution in [0.5, 0.6) is 0 Å². The summed E-state index contributed by atoms with van der Waals surface area (Å²) in [5.74, 6) is -0.166. The Labute approximate surface area is 109 Å². The maximum atomic E-state index is 12.2. The smallest absolute Gasteiger partial charge is 0.331 e. The second-order valence-electron chi connectivity index (χ2n) is 5.66. The highest BCUT2D eigenvalue weighted by Crippen LogP contribution is 2.30. The van der Waals surface area contributed by atoms with E-state index >= 15 is 0 Å². The molecule has 1 N–H and O–H groups in total. The van der Waals surface area contributed by atoms with Crippen LogP contribution in [0.15, 0.2) is 0 Å². The van der Waals surface area contributed by atoms with Crippen molar-refractivity contribution in [2.24, 2.45) is 11.8 Å². The van der Waals surface area contributed by atoms with E-state index in [0.29, 0.717) is 12.8 Å². The molecule has 4 heteroatoms. The number of methoxy groups -OCH3 is 1. The van der Waals surface area contributed by atoms with Crippen LogP contribution in [0.25, 0.3) is 0 Å². The van der Waals surface area contributed by atoms with E-state index in [0.717, 1.165) is 19.3 Å². The number of ether oxygens (including phenoxy) is 1. The fourth-order valence-corrected chi connectivity index (χ4v) is 2.38. The maximum Gasteiger partial charge on any atom is 0.331 e. The molecule has 0 aliphatic heterocycles. The van der Waals surface area contributed by atoms with E-state index < -0.39 is 5.54 Å². The van der Waals surface area contributed by atoms with Crippen molar-refractivity contribution in [3.05, 3.63) is 0 Å². The molecule has 0 aromatic carbocycles. The molecule has 104 valence electrons. The van der Waals surface area contributed by atoms with Crippen LogP contribution in [0.1, 0.15) is 52.9 Å². The van der Waals surface area contributed by atoms with E-state index in [1.807, 2.05) is 20.8 Å². The third-order valence-corrected chi connectivity index (χ3v) is 4.06. The molecule has 1 fully saturated rings. The molecule has 18 heavy (non-hydrogen) atoms. The van der Waals surface area contributed by atoms with Gasteiger partial charge < -0.3 is 10.1 Å². The number of carbonyl (C=O) groups excluding carboxylic acids is 2. The lowest BCUT2D eigenvalue weighted by molar-refractivity contribution is -0.153. The van der Waals surface area contributed by atoms with E-state index in [4.69, 9.17) is 4.74 Å². The molecule has 0 bridgehead atoms. The molecule has 1 unspecified atom stereocenters. The Balaban J connectivity index is 2.79. The average molecular weight is 255 g/mol. The van der Waals surface area contributed by atoms with E-state index in [2.05, 4.69) is 5.32 Å². The van der Waals surface area contributed by atoms with Gasteiger partial charge in [-0.15, -0.1) is 0 Å². The first-order chi connectivity index (χ1) is 8.43. The van der Waals surface area contributed by atoms with Crippen molar-refractivity contribution in [3.63, 3.8) is 0 Å². The third-order valence-electron chi connectivity index (χ3n) is 4.06. The summed E-state index contributed by atoms with van der Waals surface area (Å²) in [6, 6.07) is 0. The van der Waals surface area contributed by atoms with Crippen LogP contribution in [-0.4, -0.2) is 24.5 Å². The molecule has 0 aromatic rings. The van der Waals surface area contributed by atoms with Crippen LogP contribution in [0, 0.1) is 11.8 Å². The molecule has 1 aliphatic carbocycles. The lowest BCUT2D eigenvalue weighted by Crippen LogP contribution is -2.57. The molecule has 0 saturated heterocycles. The Bertz CT molecular complexity index is 306. The second kappa shape index (κ2) is 6.21. The molecule has 0 spiro atoms. The average Bonchev–Trinajstić information content (AvgIpc) is 2.37. The molecule has 0 aromatic heterocycles. The van der Waals surface area contributed by atoms with Crippen molar-refractivity contribution in [1.29, 1.82) is 0 Å². The van der Waals surface area contributed by atoms with Gasteiger partial charge in [0.25, 0.3) is 0 Å². The minimum absolute atomic E-state index is 0.0442. The third kappa shape index (κ3) is 3.24. The summed E-state index contributed by atoms with van der Waals surface area (Å²) in [4.78, 5) is 24.1. The van der Waals surface area contributed by atoms with Crippen LogP contribution in [-0.2, 0) is 14.3 Å². The zero-order valence-corrected chi connectivity index (χ0v) is 11.9. The highest BCUT2D eigenvalue weighted by molar-refractivity contribution is 5.89. The first-order valence-electron chi connectivity index (χ1n) is 6.83. The molecular weight excluding hydrogens is 230 g/mol. The molecule has 0 radical (unpaired) electrons. The number of carbonyl (C=O) groups is 2. The van der Waals surface area contributed by atoms with Gasteiger partial charge in [-0.2, -0.15) is 0 Å². The minimum atomic E-state index is -0.784. The Morgan fingerprint density at radius 2 is 1.67 bits per heavy atom. The van der Waals surface area contributed by atoms with Gasteiger partial charge in [0.1, 0.15) is 5.54 Å². The number of nitrogens with one attached hydrogen (secondary N) is 1. The Morgan fingerprint density at radius 1 is 1.11 bits per heavy atom. The second-order valence-corrected chi connectivity index (χ2v) is 5.66. The van der Waals surface area contributed by atoms with E-state index in [9.17, 15) is 9.59 Å². The Hall–Kier alpha value is -1.06. The van der Waals surface area contributed by atoms with Gasteiger partial charge in [0, 0.05) is 5.92 Å². The molecule has 1 rings (SSSR count). The summed E-state index contributed by atoms with van der Waals surface area (Å²) >= 11 is 0. The standard InChI is InChI=1S/C14H25NO3/c1-10(2)11(3)12(16)15-14(13(17)18-4)8-6-5-7-9-14/h10-11H,5-9H2,1-4H3,(H,15,16). The zero-order chi connectivity index (χ0) is 13.8. The molecule has 1 atom stereocenters. The van der Waals surface area contributed by atoms with Gasteiger partial charge in [0.05, 0.1) is 7.11 Å². The summed E-state index contributed by atoms with van der Waals surface area (Å²) in [6.07, 6.45) is 4.43. The van der Waals surface area contributed by atoms with Crippen molar-refractivity contribution in [2.45, 2.75) is 58.4 Å². The summed E-state index contributed by atoms with van der Waals surface area (Å²) < 4.78 is 4.88. The normalized spacial score (nSPS) is 20.3. The summed E-state index contributed by atoms with van der Waals surface area (Å²) in [5, 5.41) is 2.95. The van der Waals surface area contributed by atoms with Gasteiger partial charge in [-0.3, -0.25) is 4.79 Å². The van der Waals surface area contributed by atoms with Crippen molar-refractivity contribution < 1.29 is 14.3 Å². The number of rotatable bonds is 4. The van der Waals surface area contributed by atoms with Crippen molar-refractivity contribution >= 4 is 11.9 Å². The first kappa shape index (κ1) is 15.0. The van der Waals surface area contributed by atoms with Crippen molar-refractivity contribution in [1.82, 2.24) is 5.32 Å². The highest BCUT2D eigenvalue weighted by atomic mass is 16.5. The highest BCUT2D eigenvalue weighted by Gasteiger charge is 2.42. The summed E-state index contributed by atoms with van der Waals surface area (Å²) in [6.45, 7) is 5.92. The largest absolute Gasteiger partial charge is 0.467 e. The molecule has 1 amide bonds. The molecule has 4 nitrogen and oxygen atoms in total. The maximum absolute atomic E-state index is 12.2. The van der Waals surface area contributed by atoms with Crippen LogP contribution in [0.2, 0.25) is 0 Å². The zero-order valence-electron chi connectivity index (χ0n) is 11.9. The number of amides is 1. The van der Waals surface area contributed by atoms with Gasteiger partial charge >= 0.3 is 5.97 Å². The van der Waals surface area contributed by atoms with Crippen LogP contribution in [0.4, 0.5) is 0 Å². The topological polar surface area (TPSA) is 55.4 Å². The van der Waals surface area contributed by atoms with E-state index in [1.165, 1.54) is 7.11 Å². The van der Waals surface area contributed by atoms with Crippen LogP contribution < -0.4 is 5.32 Å². The van der Waals surface area contributed by atoms with Crippen LogP contribution >= 0.6 is 0 Å². The lowest BCUT2D eigenvalue weighted by atomic mass is 9.81. The van der Waals surface area contributed by atoms with Gasteiger partial charge in [-0.25, -0.2) is 4.79 Å². The van der Waals surface area contributed by atoms with Gasteiger partial charge in [0.2, 0.25) is 5.91 Å². The number of hydrogen-bond acceptors (Lipinski definition) is 3. The fraction of sp³-hybridized carbons (Fsp3) is 0.857. The fourth-order valence-electron chi connectivity index (χ4n) is 2.38. The Morgan fingerprint density at radius 3 is 2.11 bits per heavy atom. The monoisotopic (exact) mass is 255 g/mol. The number of esters is 1. The van der Waals surface area contributed by atoms with Crippen molar-refractivity contribution in [3.8, 4) is 0 Å². The summed E-state index contributed by atoms with van der Waals surface area (Å²) in [7, 11) is 1.39. The molecule has 0 heterocycles. The quantitative estimate of drug-likeness (QED) is 0.784. The van der Waals surface area contributed by atoms with E-state index in [-0.39, 0.29) is 23.7 Å². The predicted molar refractivity (Wildman–Crippen MR) is 70.0 cm³/mol. The van der Waals surface area contributed by atoms with Gasteiger partial charge in [-0.05, 0) is 18.8 Å². The minimum Gasteiger partial charge on any atom is -0.467 e. The Kier molecular flexibility index (Phi) is 5.17. The molecule has 1 aliphatic rings. The molecular formula is C14H25NO3. The van der Waals surface area contributed by atoms with E-state index in [1.54, 1.807) is 0 Å². The predicted octanol–water partition coefficient (Wildman–Crippen LogP) is 2.27. The summed E-state index contributed by atoms with van der Waals surface area (Å²) in [5.41, 5.74) is -0.784. The SMILES string of the molecule is COC(=O)C1(NC(=O)C(C)C(C)C)CCCCC1. The number of hydrogen-bond donors (Lipinski definition) is 1. The van der Waals surface area contributed by atoms with Gasteiger partial charge in [0.15, 0.2) is 0 Å². The van der Waals surface area contributed by atoms with Crippen molar-refractivity contribution in [2.75, 3.05) is 7.11 Å². The first-order valence-corrected chi connectivity index (χ1v) is 6.83. The molecule has 1 saturated carbocycles. The van der Waals surface area contributed by atoms with Crippen LogP contribution in [0.3, 0.4) is 0 Å². The lowest BCUT2D eigenvalue weighted by Gasteiger charge is -2.36. The van der Waals surface area contributed by atoms with Gasteiger partial charge in [-0.1, -0.05) is 40.0 Å².